The normalized spacial score (nSPS) is 11.7. The van der Waals surface area contributed by atoms with Gasteiger partial charge in [-0.1, -0.05) is 129 Å². The summed E-state index contributed by atoms with van der Waals surface area (Å²) >= 11 is 5.43. The third-order valence-corrected chi connectivity index (χ3v) is 92.6. The average Bonchev–Trinajstić information content (AvgIpc) is 3.88. The molecule has 3 heterocycles. The highest BCUT2D eigenvalue weighted by atomic mass is 33.3. The van der Waals surface area contributed by atoms with E-state index in [0.29, 0.717) is 11.3 Å². The molecule has 19 heteroatoms. The highest BCUT2D eigenvalue weighted by Gasteiger charge is 2.32. The first-order valence-electron chi connectivity index (χ1n) is 21.2. The molecule has 0 bridgehead atoms. The van der Waals surface area contributed by atoms with Gasteiger partial charge >= 0.3 is 0 Å². The van der Waals surface area contributed by atoms with Gasteiger partial charge in [0, 0.05) is 24.4 Å². The summed E-state index contributed by atoms with van der Waals surface area (Å²) in [6.45, 7) is 17.2. The quantitative estimate of drug-likeness (QED) is 0.0387. The molecule has 0 amide bonds. The zero-order chi connectivity index (χ0) is 43.7. The highest BCUT2D eigenvalue weighted by Crippen LogP contribution is 3.21. The van der Waals surface area contributed by atoms with Crippen molar-refractivity contribution in [1.29, 1.82) is 5.26 Å². The van der Waals surface area contributed by atoms with Crippen molar-refractivity contribution in [1.82, 2.24) is 0 Å². The summed E-state index contributed by atoms with van der Waals surface area (Å²) in [7, 11) is 24.4. The molecule has 0 saturated heterocycles. The topological polar surface area (TPSA) is 28.1 Å². The third kappa shape index (κ3) is 22.4. The largest absolute Gasteiger partial charge is 0.236 e. The van der Waals surface area contributed by atoms with Crippen molar-refractivity contribution in [2.24, 2.45) is 0 Å². The van der Waals surface area contributed by atoms with E-state index in [1.807, 2.05) is 29.6 Å². The van der Waals surface area contributed by atoms with Gasteiger partial charge in [0.25, 0.3) is 0 Å². The predicted molar refractivity (Wildman–Crippen MR) is 322 cm³/mol. The van der Waals surface area contributed by atoms with Crippen molar-refractivity contribution >= 4 is 153 Å². The standard InChI is InChI=1S/C40H58N2S3.H16P14/c1-6-8-10-12-14-16-18-20-22-24-26-33-28-31(3)43-38(33)39-34(27-25-23-21-19-17-15-13-11-9-7-2)29-36(45-39)40-35(30-41)37(42-5)32(4)44-40;1-9(2)13(10(3)4)14(11(5)6)12(7)8/h28-29H,6-27H2,1-4H3;1-8H2. The number of aryl methyl sites for hydroxylation is 4. The molecule has 59 heavy (non-hydrogen) atoms. The Bertz CT molecular complexity index is 1640. The molecule has 0 aliphatic carbocycles. The number of rotatable bonds is 29. The zero-order valence-corrected chi connectivity index (χ0v) is 53.2. The molecule has 8 atom stereocenters. The predicted octanol–water partition coefficient (Wildman–Crippen LogP) is 22.9. The SMILES string of the molecule is PP(P)P(P(P)P)P(P(P)P)P(P)P.[C-]#[N+]c1c(C)sc(-c2cc(CCCCCCCCCCCC)c(-c3sc(C)cc3CCCCCCCCCCCC)s2)c1C#N. The van der Waals surface area contributed by atoms with Crippen LogP contribution in [0.25, 0.3) is 24.4 Å². The monoisotopic (exact) mass is 1110 g/mol. The van der Waals surface area contributed by atoms with E-state index in [2.05, 4.69) is 115 Å². The van der Waals surface area contributed by atoms with Crippen LogP contribution in [0.3, 0.4) is 0 Å². The molecule has 332 valence electrons. The maximum atomic E-state index is 9.99. The lowest BCUT2D eigenvalue weighted by atomic mass is 10.0. The molecule has 3 aromatic heterocycles. The Morgan fingerprint density at radius 3 is 1.29 bits per heavy atom. The lowest BCUT2D eigenvalue weighted by Crippen LogP contribution is -1.90. The van der Waals surface area contributed by atoms with Crippen LogP contribution in [0.4, 0.5) is 5.69 Å². The minimum absolute atomic E-state index is 0.0856. The molecule has 3 aromatic rings. The van der Waals surface area contributed by atoms with E-state index < -0.39 is 0 Å². The minimum Gasteiger partial charge on any atom is -0.236 e. The van der Waals surface area contributed by atoms with E-state index in [0.717, 1.165) is 22.6 Å². The Balaban J connectivity index is 0.000000729. The highest BCUT2D eigenvalue weighted by molar-refractivity contribution is 9.27. The molecule has 0 spiro atoms. The number of nitrogens with zero attached hydrogens (tertiary/aromatic N) is 2. The summed E-state index contributed by atoms with van der Waals surface area (Å²) < 4.78 is 0. The van der Waals surface area contributed by atoms with Crippen molar-refractivity contribution in [3.8, 4) is 25.6 Å². The van der Waals surface area contributed by atoms with Gasteiger partial charge in [-0.2, -0.15) is 16.6 Å². The van der Waals surface area contributed by atoms with Crippen LogP contribution >= 0.6 is 147 Å². The first kappa shape index (κ1) is 59.2. The summed E-state index contributed by atoms with van der Waals surface area (Å²) in [5.41, 5.74) is 4.07. The van der Waals surface area contributed by atoms with Gasteiger partial charge in [0.15, 0.2) is 0 Å². The first-order chi connectivity index (χ1) is 28.3. The van der Waals surface area contributed by atoms with E-state index in [4.69, 9.17) is 6.57 Å². The fourth-order valence-electron chi connectivity index (χ4n) is 7.02. The lowest BCUT2D eigenvalue weighted by molar-refractivity contribution is 0.556. The van der Waals surface area contributed by atoms with Crippen LogP contribution in [0.5, 0.6) is 0 Å². The van der Waals surface area contributed by atoms with Crippen LogP contribution in [-0.4, -0.2) is 0 Å². The number of thiophene rings is 3. The Labute approximate surface area is 399 Å². The summed E-state index contributed by atoms with van der Waals surface area (Å²) in [4.78, 5) is 11.1. The molecule has 3 rings (SSSR count). The van der Waals surface area contributed by atoms with Gasteiger partial charge in [0.05, 0.1) is 23.1 Å². The van der Waals surface area contributed by atoms with Crippen LogP contribution in [0.15, 0.2) is 12.1 Å². The van der Waals surface area contributed by atoms with Crippen molar-refractivity contribution in [2.45, 2.75) is 169 Å². The molecule has 2 nitrogen and oxygen atoms in total. The second kappa shape index (κ2) is 35.2. The van der Waals surface area contributed by atoms with Crippen molar-refractivity contribution < 1.29 is 0 Å². The number of hydrogen-bond donors (Lipinski definition) is 0. The minimum atomic E-state index is 0.0856. The second-order valence-corrected chi connectivity index (χ2v) is 72.0. The van der Waals surface area contributed by atoms with Gasteiger partial charge in [-0.3, -0.25) is 0 Å². The molecule has 0 aliphatic rings. The Morgan fingerprint density at radius 1 is 0.542 bits per heavy atom. The molecule has 0 radical (unpaired) electrons. The first-order valence-corrected chi connectivity index (χ1v) is 48.2. The summed E-state index contributed by atoms with van der Waals surface area (Å²) in [5, 5.41) is 9.99. The van der Waals surface area contributed by atoms with Gasteiger partial charge in [0.1, 0.15) is 0 Å². The smallest absolute Gasteiger partial charge is 0.218 e. The molecule has 0 fully saturated rings. The van der Waals surface area contributed by atoms with Gasteiger partial charge in [-0.05, 0) is 105 Å². The fourth-order valence-corrected chi connectivity index (χ4v) is 158. The number of nitriles is 1. The van der Waals surface area contributed by atoms with Crippen LogP contribution < -0.4 is 0 Å². The van der Waals surface area contributed by atoms with Gasteiger partial charge in [-0.25, -0.2) is 4.85 Å². The van der Waals surface area contributed by atoms with Crippen LogP contribution in [0.2, 0.25) is 0 Å². The van der Waals surface area contributed by atoms with Crippen LogP contribution in [0, 0.1) is 31.8 Å². The molecule has 8 unspecified atom stereocenters. The molecular weight excluding hydrogens is 1040 g/mol. The summed E-state index contributed by atoms with van der Waals surface area (Å²) in [6, 6.07) is 7.18. The Hall–Kier alpha value is 4.10. The van der Waals surface area contributed by atoms with E-state index in [1.54, 1.807) is 11.3 Å². The molecule has 0 N–H and O–H groups in total. The Morgan fingerprint density at radius 2 is 0.915 bits per heavy atom. The molecule has 0 aliphatic heterocycles. The third-order valence-electron chi connectivity index (χ3n) is 10.0. The van der Waals surface area contributed by atoms with E-state index >= 15 is 0 Å². The van der Waals surface area contributed by atoms with E-state index in [9.17, 15) is 5.26 Å². The number of unbranched alkanes of at least 4 members (excludes halogenated alkanes) is 18. The maximum Gasteiger partial charge on any atom is 0.218 e. The lowest BCUT2D eigenvalue weighted by Gasteiger charge is -2.37. The summed E-state index contributed by atoms with van der Waals surface area (Å²) in [6.07, 6.45) is 29.4. The fraction of sp³-hybridized carbons (Fsp3) is 0.650. The molecule has 0 aromatic carbocycles. The van der Waals surface area contributed by atoms with Crippen molar-refractivity contribution in [3.05, 3.63) is 50.0 Å². The van der Waals surface area contributed by atoms with Crippen LogP contribution in [-0.2, 0) is 12.8 Å². The van der Waals surface area contributed by atoms with E-state index in [-0.39, 0.29) is 41.9 Å². The molecular formula is C40H74N2P14S3. The Kier molecular flexibility index (Phi) is 35.4. The van der Waals surface area contributed by atoms with Crippen LogP contribution in [0.1, 0.15) is 169 Å². The van der Waals surface area contributed by atoms with Gasteiger partial charge in [-0.15, -0.1) is 94.1 Å². The second-order valence-electron chi connectivity index (χ2n) is 15.0. The number of hydrogen-bond acceptors (Lipinski definition) is 4. The summed E-state index contributed by atoms with van der Waals surface area (Å²) in [5.74, 6) is 0. The van der Waals surface area contributed by atoms with Gasteiger partial charge < -0.3 is 0 Å². The molecule has 0 saturated carbocycles. The maximum absolute atomic E-state index is 9.99. The average molecular weight is 1110 g/mol. The van der Waals surface area contributed by atoms with Crippen molar-refractivity contribution in [2.75, 3.05) is 0 Å². The van der Waals surface area contributed by atoms with Gasteiger partial charge in [0.2, 0.25) is 5.69 Å². The zero-order valence-electron chi connectivity index (χ0n) is 36.1. The van der Waals surface area contributed by atoms with E-state index in [1.165, 1.54) is 159 Å². The van der Waals surface area contributed by atoms with Crippen molar-refractivity contribution in [3.63, 3.8) is 0 Å².